The Bertz CT molecular complexity index is 217. The molecule has 11 heavy (non-hydrogen) atoms. The van der Waals surface area contributed by atoms with Crippen molar-refractivity contribution < 1.29 is 10.2 Å². The van der Waals surface area contributed by atoms with Crippen molar-refractivity contribution in [1.82, 2.24) is 0 Å². The molecule has 4 heteroatoms. The summed E-state index contributed by atoms with van der Waals surface area (Å²) in [6.07, 6.45) is 1.25. The Balaban J connectivity index is 0.000000292. The maximum Gasteiger partial charge on any atom is 0.173 e. The van der Waals surface area contributed by atoms with Crippen LogP contribution in [0.5, 0.6) is 11.5 Å². The number of nitrogens with zero attached hydrogens (tertiary/aromatic N) is 1. The van der Waals surface area contributed by atoms with Gasteiger partial charge in [0.25, 0.3) is 0 Å². The normalized spacial score (nSPS) is 7.18. The third kappa shape index (κ3) is 4.60. The molecule has 0 spiro atoms. The Morgan fingerprint density at radius 2 is 1.27 bits per heavy atom. The molecule has 0 heterocycles. The zero-order chi connectivity index (χ0) is 8.69. The lowest BCUT2D eigenvalue weighted by atomic mass is 10.3. The van der Waals surface area contributed by atoms with E-state index in [1.165, 1.54) is 30.5 Å². The first kappa shape index (κ1) is 9.11. The topological polar surface area (TPSA) is 90.3 Å². The molecule has 1 rings (SSSR count). The Morgan fingerprint density at radius 1 is 1.09 bits per heavy atom. The van der Waals surface area contributed by atoms with E-state index in [4.69, 9.17) is 15.5 Å². The smallest absolute Gasteiger partial charge is 0.173 e. The number of benzene rings is 1. The monoisotopic (exact) mass is 152 g/mol. The highest BCUT2D eigenvalue weighted by molar-refractivity contribution is 5.28. The van der Waals surface area contributed by atoms with Crippen molar-refractivity contribution in [3.63, 3.8) is 0 Å². The maximum atomic E-state index is 8.65. The second-order valence-corrected chi connectivity index (χ2v) is 1.65. The summed E-state index contributed by atoms with van der Waals surface area (Å²) < 4.78 is 0. The van der Waals surface area contributed by atoms with Gasteiger partial charge in [-0.05, 0) is 24.3 Å². The fraction of sp³-hybridized carbons (Fsp3) is 0. The molecule has 58 valence electrons. The molecular formula is C7H8N2O2. The molecule has 0 aliphatic heterocycles. The number of phenols is 2. The number of rotatable bonds is 0. The van der Waals surface area contributed by atoms with Crippen LogP contribution in [0.4, 0.5) is 0 Å². The van der Waals surface area contributed by atoms with Crippen molar-refractivity contribution in [2.45, 2.75) is 0 Å². The molecule has 0 aliphatic rings. The van der Waals surface area contributed by atoms with Gasteiger partial charge in [0.05, 0.1) is 0 Å². The Labute approximate surface area is 64.1 Å². The Kier molecular flexibility index (Phi) is 4.09. The van der Waals surface area contributed by atoms with Crippen molar-refractivity contribution in [1.29, 1.82) is 5.26 Å². The molecule has 0 fully saturated rings. The van der Waals surface area contributed by atoms with E-state index in [1.807, 2.05) is 0 Å². The summed E-state index contributed by atoms with van der Waals surface area (Å²) in [5, 5.41) is 24.4. The molecule has 0 bridgehead atoms. The van der Waals surface area contributed by atoms with Gasteiger partial charge < -0.3 is 15.9 Å². The molecular weight excluding hydrogens is 144 g/mol. The van der Waals surface area contributed by atoms with E-state index < -0.39 is 0 Å². The standard InChI is InChI=1S/C6H6O2.CH2N2/c7-5-1-2-6(8)4-3-5;2-1-3/h1-4,7-8H;2H2. The van der Waals surface area contributed by atoms with Gasteiger partial charge in [0, 0.05) is 0 Å². The van der Waals surface area contributed by atoms with Crippen LogP contribution in [0.2, 0.25) is 0 Å². The Morgan fingerprint density at radius 3 is 1.45 bits per heavy atom. The number of hydrogen-bond donors (Lipinski definition) is 3. The first-order chi connectivity index (χ1) is 5.20. The minimum absolute atomic E-state index is 0.169. The molecule has 0 radical (unpaired) electrons. The molecule has 1 aromatic rings. The van der Waals surface area contributed by atoms with Gasteiger partial charge in [0.15, 0.2) is 6.19 Å². The lowest BCUT2D eigenvalue weighted by Crippen LogP contribution is -1.69. The SMILES string of the molecule is N#CN.Oc1ccc(O)cc1. The first-order valence-corrected chi connectivity index (χ1v) is 2.78. The van der Waals surface area contributed by atoms with E-state index >= 15 is 0 Å². The highest BCUT2D eigenvalue weighted by Gasteiger charge is 1.84. The minimum Gasteiger partial charge on any atom is -0.508 e. The zero-order valence-electron chi connectivity index (χ0n) is 5.73. The van der Waals surface area contributed by atoms with Crippen LogP contribution >= 0.6 is 0 Å². The second-order valence-electron chi connectivity index (χ2n) is 1.65. The summed E-state index contributed by atoms with van der Waals surface area (Å²) in [5.41, 5.74) is 4.15. The predicted molar refractivity (Wildman–Crippen MR) is 39.6 cm³/mol. The van der Waals surface area contributed by atoms with Gasteiger partial charge in [0.1, 0.15) is 11.5 Å². The van der Waals surface area contributed by atoms with E-state index in [9.17, 15) is 0 Å². The third-order valence-corrected chi connectivity index (χ3v) is 0.850. The number of aromatic hydroxyl groups is 2. The molecule has 0 aromatic heterocycles. The lowest BCUT2D eigenvalue weighted by Gasteiger charge is -1.88. The van der Waals surface area contributed by atoms with Crippen LogP contribution < -0.4 is 5.73 Å². The summed E-state index contributed by atoms with van der Waals surface area (Å²) in [6.45, 7) is 0. The highest BCUT2D eigenvalue weighted by atomic mass is 16.3. The van der Waals surface area contributed by atoms with E-state index in [0.29, 0.717) is 0 Å². The maximum absolute atomic E-state index is 8.65. The van der Waals surface area contributed by atoms with Crippen molar-refractivity contribution in [3.05, 3.63) is 24.3 Å². The molecule has 0 saturated heterocycles. The fourth-order valence-electron chi connectivity index (χ4n) is 0.453. The molecule has 4 nitrogen and oxygen atoms in total. The summed E-state index contributed by atoms with van der Waals surface area (Å²) in [6, 6.07) is 5.70. The number of nitriles is 1. The average molecular weight is 152 g/mol. The van der Waals surface area contributed by atoms with Crippen molar-refractivity contribution >= 4 is 0 Å². The predicted octanol–water partition coefficient (Wildman–Crippen LogP) is 0.524. The van der Waals surface area contributed by atoms with Gasteiger partial charge >= 0.3 is 0 Å². The summed E-state index contributed by atoms with van der Waals surface area (Å²) >= 11 is 0. The minimum atomic E-state index is 0.169. The highest BCUT2D eigenvalue weighted by Crippen LogP contribution is 2.13. The fourth-order valence-corrected chi connectivity index (χ4v) is 0.453. The van der Waals surface area contributed by atoms with Crippen LogP contribution in [-0.4, -0.2) is 10.2 Å². The van der Waals surface area contributed by atoms with Crippen molar-refractivity contribution in [2.24, 2.45) is 5.73 Å². The second kappa shape index (κ2) is 4.94. The van der Waals surface area contributed by atoms with E-state index in [0.717, 1.165) is 0 Å². The van der Waals surface area contributed by atoms with E-state index in [1.54, 1.807) is 0 Å². The zero-order valence-corrected chi connectivity index (χ0v) is 5.73. The van der Waals surface area contributed by atoms with E-state index in [-0.39, 0.29) is 11.5 Å². The van der Waals surface area contributed by atoms with Crippen molar-refractivity contribution in [2.75, 3.05) is 0 Å². The average Bonchev–Trinajstić information content (AvgIpc) is 1.97. The van der Waals surface area contributed by atoms with Crippen LogP contribution in [0, 0.1) is 11.5 Å². The molecule has 0 aliphatic carbocycles. The molecule has 0 saturated carbocycles. The van der Waals surface area contributed by atoms with Crippen LogP contribution in [-0.2, 0) is 0 Å². The first-order valence-electron chi connectivity index (χ1n) is 2.78. The van der Waals surface area contributed by atoms with Gasteiger partial charge in [-0.2, -0.15) is 5.26 Å². The van der Waals surface area contributed by atoms with E-state index in [2.05, 4.69) is 5.73 Å². The van der Waals surface area contributed by atoms with Crippen LogP contribution in [0.1, 0.15) is 0 Å². The molecule has 1 aromatic carbocycles. The van der Waals surface area contributed by atoms with Crippen LogP contribution in [0.15, 0.2) is 24.3 Å². The third-order valence-electron chi connectivity index (χ3n) is 0.850. The largest absolute Gasteiger partial charge is 0.508 e. The molecule has 0 unspecified atom stereocenters. The molecule has 4 N–H and O–H groups in total. The Hall–Kier alpha value is -1.89. The van der Waals surface area contributed by atoms with Crippen LogP contribution in [0.25, 0.3) is 0 Å². The molecule has 0 atom stereocenters. The lowest BCUT2D eigenvalue weighted by molar-refractivity contribution is 0.460. The summed E-state index contributed by atoms with van der Waals surface area (Å²) in [5.74, 6) is 0.339. The van der Waals surface area contributed by atoms with Gasteiger partial charge in [-0.3, -0.25) is 0 Å². The van der Waals surface area contributed by atoms with Gasteiger partial charge in [0.2, 0.25) is 0 Å². The van der Waals surface area contributed by atoms with Crippen LogP contribution in [0.3, 0.4) is 0 Å². The van der Waals surface area contributed by atoms with Gasteiger partial charge in [-0.25, -0.2) is 0 Å². The number of nitrogens with two attached hydrogens (primary N) is 1. The summed E-state index contributed by atoms with van der Waals surface area (Å²) in [7, 11) is 0. The number of phenolic OH excluding ortho intramolecular Hbond substituents is 2. The number of hydrogen-bond acceptors (Lipinski definition) is 4. The molecule has 0 amide bonds. The van der Waals surface area contributed by atoms with Gasteiger partial charge in [-0.1, -0.05) is 0 Å². The summed E-state index contributed by atoms with van der Waals surface area (Å²) in [4.78, 5) is 0. The van der Waals surface area contributed by atoms with Crippen molar-refractivity contribution in [3.8, 4) is 17.7 Å². The quantitative estimate of drug-likeness (QED) is 0.287. The van der Waals surface area contributed by atoms with Gasteiger partial charge in [-0.15, -0.1) is 0 Å².